The van der Waals surface area contributed by atoms with Gasteiger partial charge < -0.3 is 10.4 Å². The molecule has 132 valence electrons. The third-order valence-electron chi connectivity index (χ3n) is 5.13. The molecule has 0 radical (unpaired) electrons. The normalized spacial score (nSPS) is 23.0. The molecule has 0 saturated carbocycles. The maximum absolute atomic E-state index is 11.2. The van der Waals surface area contributed by atoms with Gasteiger partial charge in [0.05, 0.1) is 27.2 Å². The molecule has 0 spiro atoms. The molecule has 6 nitrogen and oxygen atoms in total. The number of aromatic carboxylic acids is 1. The molecule has 4 rings (SSSR count). The van der Waals surface area contributed by atoms with Crippen LogP contribution >= 0.6 is 11.6 Å². The maximum atomic E-state index is 11.2. The van der Waals surface area contributed by atoms with Crippen LogP contribution in [0, 0.1) is 16.0 Å². The minimum Gasteiger partial charge on any atom is -0.478 e. The number of halogens is 1. The first-order valence-corrected chi connectivity index (χ1v) is 8.58. The van der Waals surface area contributed by atoms with E-state index in [0.717, 1.165) is 17.5 Å². The molecule has 2 aliphatic rings. The number of nitro benzene ring substituents is 1. The second kappa shape index (κ2) is 6.14. The van der Waals surface area contributed by atoms with Crippen LogP contribution in [-0.2, 0) is 0 Å². The van der Waals surface area contributed by atoms with Gasteiger partial charge >= 0.3 is 5.97 Å². The van der Waals surface area contributed by atoms with Gasteiger partial charge in [-0.05, 0) is 35.6 Å². The topological polar surface area (TPSA) is 92.5 Å². The molecule has 26 heavy (non-hydrogen) atoms. The Hall–Kier alpha value is -2.86. The summed E-state index contributed by atoms with van der Waals surface area (Å²) in [7, 11) is 0. The van der Waals surface area contributed by atoms with Crippen LogP contribution in [0.3, 0.4) is 0 Å². The van der Waals surface area contributed by atoms with Gasteiger partial charge in [0, 0.05) is 18.1 Å². The number of nitrogens with one attached hydrogen (secondary N) is 1. The summed E-state index contributed by atoms with van der Waals surface area (Å²) < 4.78 is 0. The number of carboxylic acid groups (broad SMARTS) is 1. The molecule has 0 saturated heterocycles. The average molecular weight is 371 g/mol. The molecular weight excluding hydrogens is 356 g/mol. The van der Waals surface area contributed by atoms with Crippen LogP contribution in [0.25, 0.3) is 0 Å². The molecule has 1 aliphatic heterocycles. The summed E-state index contributed by atoms with van der Waals surface area (Å²) in [5, 5.41) is 24.0. The standard InChI is InChI=1S/C19H15ClN2O4/c20-16-9-12(22(25)26)8-15-13-2-1-3-14(13)17(21-18(15)16)10-4-6-11(7-5-10)19(23)24/h1-2,4-9,13-14,17,21H,3H2,(H,23,24)/t13-,14-,17-/m0/s1. The summed E-state index contributed by atoms with van der Waals surface area (Å²) in [5.41, 5.74) is 2.73. The zero-order valence-corrected chi connectivity index (χ0v) is 14.3. The lowest BCUT2D eigenvalue weighted by molar-refractivity contribution is -0.384. The van der Waals surface area contributed by atoms with Crippen molar-refractivity contribution in [2.24, 2.45) is 5.92 Å². The van der Waals surface area contributed by atoms with Crippen LogP contribution in [0.1, 0.15) is 39.9 Å². The number of fused-ring (bicyclic) bond motifs is 3. The predicted molar refractivity (Wildman–Crippen MR) is 97.9 cm³/mol. The van der Waals surface area contributed by atoms with Crippen molar-refractivity contribution in [2.45, 2.75) is 18.4 Å². The number of benzene rings is 2. The van der Waals surface area contributed by atoms with Crippen molar-refractivity contribution < 1.29 is 14.8 Å². The summed E-state index contributed by atoms with van der Waals surface area (Å²) in [6.07, 6.45) is 4.99. The van der Waals surface area contributed by atoms with Crippen LogP contribution in [0.5, 0.6) is 0 Å². The quantitative estimate of drug-likeness (QED) is 0.461. The number of carbonyl (C=O) groups is 1. The Bertz CT molecular complexity index is 939. The molecule has 0 fully saturated rings. The fourth-order valence-electron chi connectivity index (χ4n) is 3.91. The van der Waals surface area contributed by atoms with Gasteiger partial charge in [0.15, 0.2) is 0 Å². The lowest BCUT2D eigenvalue weighted by atomic mass is 9.77. The zero-order valence-electron chi connectivity index (χ0n) is 13.6. The molecule has 0 bridgehead atoms. The van der Waals surface area contributed by atoms with Crippen molar-refractivity contribution in [1.29, 1.82) is 0 Å². The van der Waals surface area contributed by atoms with Crippen LogP contribution in [0.15, 0.2) is 48.6 Å². The van der Waals surface area contributed by atoms with E-state index in [-0.39, 0.29) is 29.1 Å². The number of carboxylic acids is 1. The molecule has 0 unspecified atom stereocenters. The Labute approximate surface area is 154 Å². The van der Waals surface area contributed by atoms with Gasteiger partial charge in [0.25, 0.3) is 5.69 Å². The first-order chi connectivity index (χ1) is 12.5. The highest BCUT2D eigenvalue weighted by molar-refractivity contribution is 6.33. The van der Waals surface area contributed by atoms with Crippen molar-refractivity contribution in [1.82, 2.24) is 0 Å². The van der Waals surface area contributed by atoms with Crippen molar-refractivity contribution in [3.05, 3.63) is 80.4 Å². The zero-order chi connectivity index (χ0) is 18.4. The molecule has 0 aromatic heterocycles. The lowest BCUT2D eigenvalue weighted by Gasteiger charge is -2.37. The maximum Gasteiger partial charge on any atom is 0.335 e. The van der Waals surface area contributed by atoms with Crippen LogP contribution in [0.2, 0.25) is 5.02 Å². The third kappa shape index (κ3) is 2.63. The summed E-state index contributed by atoms with van der Waals surface area (Å²) in [6.45, 7) is 0. The monoisotopic (exact) mass is 370 g/mol. The first kappa shape index (κ1) is 16.6. The van der Waals surface area contributed by atoms with Crippen LogP contribution in [-0.4, -0.2) is 16.0 Å². The fourth-order valence-corrected chi connectivity index (χ4v) is 4.18. The smallest absolute Gasteiger partial charge is 0.335 e. The molecule has 7 heteroatoms. The third-order valence-corrected chi connectivity index (χ3v) is 5.43. The van der Waals surface area contributed by atoms with Crippen molar-refractivity contribution >= 4 is 28.9 Å². The molecule has 2 N–H and O–H groups in total. The van der Waals surface area contributed by atoms with Gasteiger partial charge in [-0.2, -0.15) is 0 Å². The molecule has 0 amide bonds. The second-order valence-electron chi connectivity index (χ2n) is 6.55. The van der Waals surface area contributed by atoms with E-state index in [0.29, 0.717) is 10.7 Å². The van der Waals surface area contributed by atoms with Crippen molar-refractivity contribution in [2.75, 3.05) is 5.32 Å². The largest absolute Gasteiger partial charge is 0.478 e. The van der Waals surface area contributed by atoms with E-state index in [9.17, 15) is 14.9 Å². The van der Waals surface area contributed by atoms with E-state index < -0.39 is 10.9 Å². The van der Waals surface area contributed by atoms with E-state index >= 15 is 0 Å². The summed E-state index contributed by atoms with van der Waals surface area (Å²) in [5.74, 6) is -0.738. The Morgan fingerprint density at radius 2 is 2.00 bits per heavy atom. The number of nitrogens with zero attached hydrogens (tertiary/aromatic N) is 1. The van der Waals surface area contributed by atoms with Gasteiger partial charge in [0.1, 0.15) is 0 Å². The number of non-ortho nitro benzene ring substituents is 1. The van der Waals surface area contributed by atoms with Gasteiger partial charge in [-0.15, -0.1) is 0 Å². The highest BCUT2D eigenvalue weighted by Crippen LogP contribution is 2.52. The summed E-state index contributed by atoms with van der Waals surface area (Å²) in [6, 6.07) is 9.68. The molecule has 2 aromatic carbocycles. The van der Waals surface area contributed by atoms with E-state index in [1.165, 1.54) is 6.07 Å². The van der Waals surface area contributed by atoms with E-state index in [1.54, 1.807) is 30.3 Å². The molecule has 1 aliphatic carbocycles. The average Bonchev–Trinajstić information content (AvgIpc) is 3.11. The Kier molecular flexibility index (Phi) is 3.92. The van der Waals surface area contributed by atoms with Gasteiger partial charge in [-0.3, -0.25) is 10.1 Å². The highest BCUT2D eigenvalue weighted by Gasteiger charge is 2.39. The minimum absolute atomic E-state index is 0.0149. The van der Waals surface area contributed by atoms with E-state index in [2.05, 4.69) is 17.5 Å². The summed E-state index contributed by atoms with van der Waals surface area (Å²) >= 11 is 6.33. The summed E-state index contributed by atoms with van der Waals surface area (Å²) in [4.78, 5) is 21.8. The van der Waals surface area contributed by atoms with Crippen molar-refractivity contribution in [3.8, 4) is 0 Å². The van der Waals surface area contributed by atoms with Gasteiger partial charge in [-0.25, -0.2) is 4.79 Å². The number of nitro groups is 1. The Morgan fingerprint density at radius 1 is 1.27 bits per heavy atom. The lowest BCUT2D eigenvalue weighted by Crippen LogP contribution is -2.29. The van der Waals surface area contributed by atoms with Gasteiger partial charge in [-0.1, -0.05) is 35.9 Å². The Balaban J connectivity index is 1.77. The van der Waals surface area contributed by atoms with Crippen LogP contribution < -0.4 is 5.32 Å². The molecule has 1 heterocycles. The molecular formula is C19H15ClN2O4. The van der Waals surface area contributed by atoms with E-state index in [1.807, 2.05) is 0 Å². The predicted octanol–water partition coefficient (Wildman–Crippen LogP) is 4.77. The highest BCUT2D eigenvalue weighted by atomic mass is 35.5. The van der Waals surface area contributed by atoms with Gasteiger partial charge in [0.2, 0.25) is 0 Å². The number of hydrogen-bond donors (Lipinski definition) is 2. The first-order valence-electron chi connectivity index (χ1n) is 8.20. The second-order valence-corrected chi connectivity index (χ2v) is 6.96. The molecule has 2 aromatic rings. The van der Waals surface area contributed by atoms with Crippen molar-refractivity contribution in [3.63, 3.8) is 0 Å². The number of hydrogen-bond acceptors (Lipinski definition) is 4. The SMILES string of the molecule is O=C(O)c1ccc([C@@H]2Nc3c(Cl)cc([N+](=O)[O-])cc3[C@H]3C=CC[C@@H]32)cc1. The van der Waals surface area contributed by atoms with E-state index in [4.69, 9.17) is 16.7 Å². The Morgan fingerprint density at radius 3 is 2.65 bits per heavy atom. The fraction of sp³-hybridized carbons (Fsp3) is 0.211. The number of anilines is 1. The van der Waals surface area contributed by atoms with Crippen LogP contribution in [0.4, 0.5) is 11.4 Å². The molecule has 3 atom stereocenters. The minimum atomic E-state index is -0.964. The number of rotatable bonds is 3. The number of allylic oxidation sites excluding steroid dienone is 2.